The Kier molecular flexibility index (Phi) is 197. The van der Waals surface area contributed by atoms with Crippen LogP contribution in [0.5, 0.6) is 0 Å². The van der Waals surface area contributed by atoms with Gasteiger partial charge in [0.15, 0.2) is 34.7 Å². The van der Waals surface area contributed by atoms with Crippen molar-refractivity contribution in [2.24, 2.45) is 0 Å². The van der Waals surface area contributed by atoms with E-state index in [2.05, 4.69) is 0 Å². The molecule has 0 saturated heterocycles. The number of hydrogen-bond acceptors (Lipinski definition) is 1. The van der Waals surface area contributed by atoms with Crippen LogP contribution in [-0.4, -0.2) is 83.6 Å². The first kappa shape index (κ1) is 32.5. The van der Waals surface area contributed by atoms with Crippen molar-refractivity contribution in [3.63, 3.8) is 0 Å². The van der Waals surface area contributed by atoms with Gasteiger partial charge < -0.3 is 0 Å². The summed E-state index contributed by atoms with van der Waals surface area (Å²) in [5.74, 6) is 0. The molecule has 0 bridgehead atoms. The quantitative estimate of drug-likeness (QED) is 0.406. The molecule has 0 unspecified atom stereocenters. The summed E-state index contributed by atoms with van der Waals surface area (Å²) in [5.41, 5.74) is 0. The van der Waals surface area contributed by atoms with E-state index in [1.165, 1.54) is 0 Å². The van der Waals surface area contributed by atoms with Crippen molar-refractivity contribution in [3.8, 4) is 0 Å². The summed E-state index contributed by atoms with van der Waals surface area (Å²) in [4.78, 5) is 0. The average molecular weight is 372 g/mol. The molecule has 6 heavy (non-hydrogen) atoms. The summed E-state index contributed by atoms with van der Waals surface area (Å²) in [7, 11) is 0. The third-order valence-corrected chi connectivity index (χ3v) is 0. The third-order valence-electron chi connectivity index (χ3n) is 0. The zero-order valence-corrected chi connectivity index (χ0v) is 7.04. The first-order chi connectivity index (χ1) is 1.00. The Bertz CT molecular complexity index is 13.5. The van der Waals surface area contributed by atoms with Gasteiger partial charge in [0.2, 0.25) is 0 Å². The molecule has 0 N–H and O–H groups in total. The van der Waals surface area contributed by atoms with E-state index in [0.717, 1.165) is 0 Å². The maximum absolute atomic E-state index is 8.38. The van der Waals surface area contributed by atoms with Crippen molar-refractivity contribution in [2.45, 2.75) is 0 Å². The molecule has 0 aliphatic carbocycles. The Balaban J connectivity index is -0.000000000833. The molecule has 0 atom stereocenters. The van der Waals surface area contributed by atoms with E-state index in [-0.39, 0.29) is 128 Å². The second-order valence-corrected chi connectivity index (χ2v) is 0. The fourth-order valence-corrected chi connectivity index (χ4v) is 0. The SMILES string of the molecule is [AlH3].[AlH3].[BaH2].[O]=[Zn].[Zr]. The predicted molar refractivity (Wildman–Crippen MR) is 29.1 cm³/mol. The Morgan fingerprint density at radius 3 is 1.00 bits per heavy atom. The molecule has 0 rings (SSSR count). The molecule has 0 aliphatic rings. The zero-order valence-electron chi connectivity index (χ0n) is 1.62. The molecule has 0 saturated carbocycles. The molecule has 0 radical (unpaired) electrons. The Morgan fingerprint density at radius 1 is 1.00 bits per heavy atom. The van der Waals surface area contributed by atoms with Crippen molar-refractivity contribution in [1.29, 1.82) is 0 Å². The first-order valence-electron chi connectivity index (χ1n) is 0.289. The molecule has 0 amide bonds. The van der Waals surface area contributed by atoms with Crippen LogP contribution in [0.4, 0.5) is 0 Å². The van der Waals surface area contributed by atoms with Crippen LogP contribution in [-0.2, 0) is 48.0 Å². The van der Waals surface area contributed by atoms with Gasteiger partial charge in [-0.05, 0) is 0 Å². The van der Waals surface area contributed by atoms with Gasteiger partial charge in [0, 0.05) is 26.2 Å². The van der Waals surface area contributed by atoms with Crippen LogP contribution in [0.3, 0.4) is 0 Å². The second kappa shape index (κ2) is 36.3. The van der Waals surface area contributed by atoms with Crippen LogP contribution in [0.1, 0.15) is 0 Å². The molecule has 28 valence electrons. The largest absolute Gasteiger partial charge is 0 e. The topological polar surface area (TPSA) is 17.1 Å². The molecule has 0 aromatic rings. The molecule has 0 aromatic carbocycles. The van der Waals surface area contributed by atoms with Crippen molar-refractivity contribution in [1.82, 2.24) is 0 Å². The van der Waals surface area contributed by atoms with E-state index < -0.39 is 0 Å². The van der Waals surface area contributed by atoms with E-state index in [9.17, 15) is 0 Å². The van der Waals surface area contributed by atoms with E-state index in [1.54, 1.807) is 0 Å². The summed E-state index contributed by atoms with van der Waals surface area (Å²) in [5, 5.41) is 0. The third kappa shape index (κ3) is 24.6. The summed E-state index contributed by atoms with van der Waals surface area (Å²) < 4.78 is 8.38. The summed E-state index contributed by atoms with van der Waals surface area (Å²) in [6.07, 6.45) is 0. The van der Waals surface area contributed by atoms with Crippen LogP contribution in [0, 0.1) is 0 Å². The van der Waals surface area contributed by atoms with Crippen LogP contribution < -0.4 is 0 Å². The minimum Gasteiger partial charge on any atom is 0 e. The monoisotopic (exact) mass is 370 g/mol. The van der Waals surface area contributed by atoms with Gasteiger partial charge in [0.05, 0.1) is 0 Å². The molecule has 0 aromatic heterocycles. The van der Waals surface area contributed by atoms with E-state index in [0.29, 0.717) is 0 Å². The Morgan fingerprint density at radius 2 is 1.00 bits per heavy atom. The number of rotatable bonds is 0. The smallest absolute Gasteiger partial charge is 0 e. The van der Waals surface area contributed by atoms with Gasteiger partial charge in [-0.25, -0.2) is 0 Å². The normalized spacial score (nSPS) is 1.00. The van der Waals surface area contributed by atoms with Crippen molar-refractivity contribution in [3.05, 3.63) is 0 Å². The fourth-order valence-electron chi connectivity index (χ4n) is 0. The van der Waals surface area contributed by atoms with Gasteiger partial charge in [0.1, 0.15) is 0 Å². The van der Waals surface area contributed by atoms with Crippen LogP contribution >= 0.6 is 0 Å². The van der Waals surface area contributed by atoms with Crippen LogP contribution in [0.15, 0.2) is 0 Å². The molecule has 0 heterocycles. The molecule has 6 heteroatoms. The van der Waals surface area contributed by atoms with Gasteiger partial charge in [-0.15, -0.1) is 0 Å². The second-order valence-electron chi connectivity index (χ2n) is 0. The first-order valence-corrected chi connectivity index (χ1v) is 1.50. The standard InChI is InChI=1S/2Al.Ba.O.Zn.Zr.8H. The number of hydrogen-bond donors (Lipinski definition) is 0. The van der Waals surface area contributed by atoms with Gasteiger partial charge in [-0.1, -0.05) is 0 Å². The Hall–Kier alpha value is 3.94. The maximum Gasteiger partial charge on any atom is 0 e. The minimum atomic E-state index is 0. The van der Waals surface area contributed by atoms with Crippen molar-refractivity contribution in [2.75, 3.05) is 0 Å². The Labute approximate surface area is 128 Å². The maximum atomic E-state index is 8.38. The summed E-state index contributed by atoms with van der Waals surface area (Å²) in [6, 6.07) is 0. The van der Waals surface area contributed by atoms with Gasteiger partial charge >= 0.3 is 70.7 Å². The molecular weight excluding hydrogens is 364 g/mol. The fraction of sp³-hybridized carbons (Fsp3) is 0. The average Bonchev–Trinajstić information content (AvgIpc) is 1.00. The van der Waals surface area contributed by atoms with Crippen LogP contribution in [0.2, 0.25) is 0 Å². The van der Waals surface area contributed by atoms with E-state index in [1.807, 2.05) is 0 Å². The zero-order chi connectivity index (χ0) is 2.00. The van der Waals surface area contributed by atoms with Crippen molar-refractivity contribution >= 4 is 83.6 Å². The minimum absolute atomic E-state index is 0. The van der Waals surface area contributed by atoms with Gasteiger partial charge in [0.25, 0.3) is 0 Å². The van der Waals surface area contributed by atoms with E-state index in [4.69, 9.17) is 3.57 Å². The predicted octanol–water partition coefficient (Wildman–Crippen LogP) is -3.41. The van der Waals surface area contributed by atoms with Crippen LogP contribution in [0.25, 0.3) is 0 Å². The molecule has 0 spiro atoms. The molecule has 1 nitrogen and oxygen atoms in total. The van der Waals surface area contributed by atoms with E-state index >= 15 is 0 Å². The van der Waals surface area contributed by atoms with Crippen molar-refractivity contribution < 1.29 is 48.0 Å². The summed E-state index contributed by atoms with van der Waals surface area (Å²) in [6.45, 7) is 0. The van der Waals surface area contributed by atoms with Gasteiger partial charge in [-0.3, -0.25) is 0 Å². The molecule has 0 fully saturated rings. The molecule has 0 aliphatic heterocycles. The summed E-state index contributed by atoms with van der Waals surface area (Å²) >= 11 is 0.125. The van der Waals surface area contributed by atoms with Gasteiger partial charge in [-0.2, -0.15) is 0 Å². The molecular formula is H8Al2BaOZnZr.